The van der Waals surface area contributed by atoms with Crippen LogP contribution in [0.15, 0.2) is 4.99 Å². The first-order chi connectivity index (χ1) is 8.89. The highest BCUT2D eigenvalue weighted by Gasteiger charge is 2.40. The smallest absolute Gasteiger partial charge is 0.191 e. The Morgan fingerprint density at radius 1 is 1.42 bits per heavy atom. The number of morpholine rings is 1. The molecule has 5 nitrogen and oxygen atoms in total. The first-order valence-corrected chi connectivity index (χ1v) is 7.97. The standard InChI is InChI=1S/C12H22N4OS.HI/c1-8-18-10-12(1,16-4-6-17-7-5-16)9-15-11-13-2-3-14-11;/h1-10H2,(H2,13,14,15);1H. The zero-order chi connectivity index (χ0) is 12.3. The fraction of sp³-hybridized carbons (Fsp3) is 0.917. The molecule has 19 heavy (non-hydrogen) atoms. The Morgan fingerprint density at radius 2 is 2.26 bits per heavy atom. The molecule has 3 aliphatic heterocycles. The van der Waals surface area contributed by atoms with Crippen LogP contribution in [0.25, 0.3) is 0 Å². The first-order valence-electron chi connectivity index (χ1n) is 6.82. The SMILES string of the molecule is C1CNC(NCC2(N3CCOCC3)CCSC2)=N1.I. The maximum atomic E-state index is 5.48. The molecule has 0 bridgehead atoms. The van der Waals surface area contributed by atoms with Crippen molar-refractivity contribution in [2.24, 2.45) is 4.99 Å². The lowest BCUT2D eigenvalue weighted by atomic mass is 9.95. The van der Waals surface area contributed by atoms with E-state index < -0.39 is 0 Å². The molecule has 1 atom stereocenters. The van der Waals surface area contributed by atoms with Gasteiger partial charge >= 0.3 is 0 Å². The summed E-state index contributed by atoms with van der Waals surface area (Å²) >= 11 is 2.07. The maximum absolute atomic E-state index is 5.48. The van der Waals surface area contributed by atoms with Crippen molar-refractivity contribution in [2.75, 3.05) is 57.4 Å². The average Bonchev–Trinajstić information content (AvgIpc) is 3.10. The number of guanidine groups is 1. The van der Waals surface area contributed by atoms with Gasteiger partial charge in [0.15, 0.2) is 5.96 Å². The molecule has 0 radical (unpaired) electrons. The van der Waals surface area contributed by atoms with E-state index in [9.17, 15) is 0 Å². The molecule has 0 aromatic carbocycles. The molecular formula is C12H23IN4OS. The third-order valence-electron chi connectivity index (χ3n) is 4.02. The van der Waals surface area contributed by atoms with Gasteiger partial charge in [0.25, 0.3) is 0 Å². The van der Waals surface area contributed by atoms with Gasteiger partial charge in [0.05, 0.1) is 19.8 Å². The summed E-state index contributed by atoms with van der Waals surface area (Å²) in [6, 6.07) is 0. The summed E-state index contributed by atoms with van der Waals surface area (Å²) in [6.07, 6.45) is 1.28. The summed E-state index contributed by atoms with van der Waals surface area (Å²) in [6.45, 7) is 6.79. The summed E-state index contributed by atoms with van der Waals surface area (Å²) in [7, 11) is 0. The zero-order valence-electron chi connectivity index (χ0n) is 11.2. The second-order valence-corrected chi connectivity index (χ2v) is 6.24. The quantitative estimate of drug-likeness (QED) is 0.673. The minimum Gasteiger partial charge on any atom is -0.379 e. The lowest BCUT2D eigenvalue weighted by molar-refractivity contribution is -0.0120. The molecule has 2 N–H and O–H groups in total. The number of halogens is 1. The normalized spacial score (nSPS) is 31.5. The summed E-state index contributed by atoms with van der Waals surface area (Å²) in [4.78, 5) is 7.04. The van der Waals surface area contributed by atoms with Gasteiger partial charge in [-0.05, 0) is 12.2 Å². The molecule has 0 aromatic heterocycles. The Balaban J connectivity index is 0.00000133. The highest BCUT2D eigenvalue weighted by molar-refractivity contribution is 14.0. The molecular weight excluding hydrogens is 375 g/mol. The van der Waals surface area contributed by atoms with Gasteiger partial charge in [0.2, 0.25) is 0 Å². The summed E-state index contributed by atoms with van der Waals surface area (Å²) < 4.78 is 5.48. The van der Waals surface area contributed by atoms with Gasteiger partial charge in [-0.1, -0.05) is 0 Å². The number of ether oxygens (including phenoxy) is 1. The van der Waals surface area contributed by atoms with Crippen molar-refractivity contribution in [3.8, 4) is 0 Å². The second kappa shape index (κ2) is 7.33. The molecule has 2 saturated heterocycles. The Kier molecular flexibility index (Phi) is 6.04. The molecule has 7 heteroatoms. The van der Waals surface area contributed by atoms with Crippen LogP contribution in [-0.2, 0) is 4.74 Å². The second-order valence-electron chi connectivity index (χ2n) is 5.14. The molecule has 0 saturated carbocycles. The van der Waals surface area contributed by atoms with Crippen LogP contribution in [-0.4, -0.2) is 73.8 Å². The van der Waals surface area contributed by atoms with Crippen molar-refractivity contribution in [2.45, 2.75) is 12.0 Å². The number of thioether (sulfide) groups is 1. The fourth-order valence-corrected chi connectivity index (χ4v) is 4.38. The van der Waals surface area contributed by atoms with E-state index in [0.29, 0.717) is 5.54 Å². The molecule has 2 fully saturated rings. The van der Waals surface area contributed by atoms with E-state index in [1.807, 2.05) is 0 Å². The number of nitrogens with zero attached hydrogens (tertiary/aromatic N) is 2. The van der Waals surface area contributed by atoms with E-state index in [-0.39, 0.29) is 24.0 Å². The van der Waals surface area contributed by atoms with Crippen LogP contribution in [0.5, 0.6) is 0 Å². The van der Waals surface area contributed by atoms with Crippen molar-refractivity contribution in [3.05, 3.63) is 0 Å². The minimum absolute atomic E-state index is 0. The van der Waals surface area contributed by atoms with Crippen LogP contribution in [0.2, 0.25) is 0 Å². The minimum atomic E-state index is 0. The van der Waals surface area contributed by atoms with Gasteiger partial charge in [0.1, 0.15) is 0 Å². The monoisotopic (exact) mass is 398 g/mol. The van der Waals surface area contributed by atoms with Gasteiger partial charge in [-0.15, -0.1) is 24.0 Å². The van der Waals surface area contributed by atoms with Crippen molar-refractivity contribution in [1.82, 2.24) is 15.5 Å². The maximum Gasteiger partial charge on any atom is 0.191 e. The summed E-state index contributed by atoms with van der Waals surface area (Å²) in [5.74, 6) is 3.49. The molecule has 1 unspecified atom stereocenters. The summed E-state index contributed by atoms with van der Waals surface area (Å²) in [5, 5.41) is 6.79. The number of nitrogens with one attached hydrogen (secondary N) is 2. The van der Waals surface area contributed by atoms with Crippen LogP contribution in [0.4, 0.5) is 0 Å². The third kappa shape index (κ3) is 3.68. The lowest BCUT2D eigenvalue weighted by Crippen LogP contribution is -2.59. The van der Waals surface area contributed by atoms with Crippen LogP contribution >= 0.6 is 35.7 Å². The van der Waals surface area contributed by atoms with Crippen LogP contribution in [0.1, 0.15) is 6.42 Å². The lowest BCUT2D eigenvalue weighted by Gasteiger charge is -2.43. The van der Waals surface area contributed by atoms with Gasteiger partial charge in [0, 0.05) is 37.5 Å². The Hall–Kier alpha value is 0.270. The number of hydrogen-bond donors (Lipinski definition) is 2. The molecule has 0 aromatic rings. The van der Waals surface area contributed by atoms with Gasteiger partial charge in [-0.3, -0.25) is 9.89 Å². The Morgan fingerprint density at radius 3 is 2.89 bits per heavy atom. The Labute approximate surface area is 136 Å². The number of hydrogen-bond acceptors (Lipinski definition) is 6. The number of aliphatic imine (C=N–C) groups is 1. The molecule has 0 aliphatic carbocycles. The Bertz CT molecular complexity index is 317. The molecule has 3 heterocycles. The van der Waals surface area contributed by atoms with Crippen molar-refractivity contribution < 1.29 is 4.74 Å². The number of rotatable bonds is 3. The van der Waals surface area contributed by atoms with Crippen LogP contribution < -0.4 is 10.6 Å². The van der Waals surface area contributed by atoms with Crippen molar-refractivity contribution >= 4 is 41.7 Å². The van der Waals surface area contributed by atoms with Gasteiger partial charge in [-0.2, -0.15) is 11.8 Å². The van der Waals surface area contributed by atoms with E-state index in [1.54, 1.807) is 0 Å². The van der Waals surface area contributed by atoms with E-state index in [4.69, 9.17) is 4.74 Å². The molecule has 3 rings (SSSR count). The van der Waals surface area contributed by atoms with E-state index in [2.05, 4.69) is 32.3 Å². The summed E-state index contributed by atoms with van der Waals surface area (Å²) in [5.41, 5.74) is 0.307. The molecule has 0 spiro atoms. The highest BCUT2D eigenvalue weighted by Crippen LogP contribution is 2.33. The van der Waals surface area contributed by atoms with Crippen LogP contribution in [0.3, 0.4) is 0 Å². The van der Waals surface area contributed by atoms with Crippen molar-refractivity contribution in [3.63, 3.8) is 0 Å². The zero-order valence-corrected chi connectivity index (χ0v) is 14.3. The van der Waals surface area contributed by atoms with Crippen LogP contribution in [0, 0.1) is 0 Å². The predicted molar refractivity (Wildman–Crippen MR) is 90.8 cm³/mol. The average molecular weight is 398 g/mol. The van der Waals surface area contributed by atoms with Gasteiger partial charge in [-0.25, -0.2) is 0 Å². The topological polar surface area (TPSA) is 48.9 Å². The highest BCUT2D eigenvalue weighted by atomic mass is 127. The van der Waals surface area contributed by atoms with E-state index in [1.165, 1.54) is 17.9 Å². The first kappa shape index (κ1) is 15.7. The third-order valence-corrected chi connectivity index (χ3v) is 5.26. The molecule has 110 valence electrons. The molecule has 0 amide bonds. The van der Waals surface area contributed by atoms with E-state index >= 15 is 0 Å². The molecule has 3 aliphatic rings. The van der Waals surface area contributed by atoms with Gasteiger partial charge < -0.3 is 15.4 Å². The fourth-order valence-electron chi connectivity index (χ4n) is 2.90. The van der Waals surface area contributed by atoms with E-state index in [0.717, 1.165) is 51.9 Å². The predicted octanol–water partition coefficient (Wildman–Crippen LogP) is 0.361. The van der Waals surface area contributed by atoms with Crippen molar-refractivity contribution in [1.29, 1.82) is 0 Å². The largest absolute Gasteiger partial charge is 0.379 e.